The number of benzene rings is 2. The van der Waals surface area contributed by atoms with Crippen LogP contribution >= 0.6 is 22.6 Å². The molecule has 0 unspecified atom stereocenters. The number of aryl methyl sites for hydroxylation is 1. The summed E-state index contributed by atoms with van der Waals surface area (Å²) in [5.41, 5.74) is 7.13. The van der Waals surface area contributed by atoms with Crippen molar-refractivity contribution in [1.82, 2.24) is 14.8 Å². The van der Waals surface area contributed by atoms with Gasteiger partial charge in [-0.2, -0.15) is 10.4 Å². The molecule has 0 aliphatic heterocycles. The number of pyridine rings is 1. The summed E-state index contributed by atoms with van der Waals surface area (Å²) in [6.45, 7) is 0. The Morgan fingerprint density at radius 3 is 2.69 bits per heavy atom. The lowest BCUT2D eigenvalue weighted by Crippen LogP contribution is -2.05. The molecule has 1 saturated carbocycles. The highest BCUT2D eigenvalue weighted by atomic mass is 127. The molecule has 2 N–H and O–H groups in total. The number of nitrogen functional groups attached to an aromatic ring is 1. The van der Waals surface area contributed by atoms with Gasteiger partial charge in [-0.1, -0.05) is 0 Å². The van der Waals surface area contributed by atoms with Crippen LogP contribution in [0.15, 0.2) is 42.6 Å². The molecule has 2 aromatic carbocycles. The van der Waals surface area contributed by atoms with E-state index in [2.05, 4.69) is 38.7 Å². The SMILES string of the molecule is Cn1ncc(I)c1-c1c(F)c(Oc2ccc3ccc(N)nc3c2)cc(OC2CC2)c1C#N. The van der Waals surface area contributed by atoms with Crippen molar-refractivity contribution in [3.63, 3.8) is 0 Å². The number of anilines is 1. The zero-order chi connectivity index (χ0) is 22.4. The van der Waals surface area contributed by atoms with Crippen LogP contribution in [0.5, 0.6) is 17.2 Å². The normalized spacial score (nSPS) is 13.2. The summed E-state index contributed by atoms with van der Waals surface area (Å²) < 4.78 is 30.0. The molecular weight excluding hydrogens is 524 g/mol. The Balaban J connectivity index is 1.66. The lowest BCUT2D eigenvalue weighted by Gasteiger charge is -2.16. The summed E-state index contributed by atoms with van der Waals surface area (Å²) in [4.78, 5) is 4.30. The highest BCUT2D eigenvalue weighted by molar-refractivity contribution is 14.1. The van der Waals surface area contributed by atoms with Gasteiger partial charge >= 0.3 is 0 Å². The van der Waals surface area contributed by atoms with Gasteiger partial charge in [0, 0.05) is 24.6 Å². The first kappa shape index (κ1) is 20.5. The van der Waals surface area contributed by atoms with E-state index in [0.29, 0.717) is 32.1 Å². The van der Waals surface area contributed by atoms with Gasteiger partial charge < -0.3 is 15.2 Å². The van der Waals surface area contributed by atoms with Gasteiger partial charge in [0.05, 0.1) is 32.6 Å². The topological polar surface area (TPSA) is 99.0 Å². The number of aromatic nitrogens is 3. The fraction of sp³-hybridized carbons (Fsp3) is 0.174. The Morgan fingerprint density at radius 2 is 2.00 bits per heavy atom. The largest absolute Gasteiger partial charge is 0.489 e. The zero-order valence-corrected chi connectivity index (χ0v) is 19.1. The average molecular weight is 541 g/mol. The van der Waals surface area contributed by atoms with E-state index >= 15 is 4.39 Å². The second kappa shape index (κ2) is 7.94. The van der Waals surface area contributed by atoms with Crippen LogP contribution in [-0.2, 0) is 7.05 Å². The molecule has 0 saturated heterocycles. The molecular formula is C23H17FIN5O2. The molecule has 0 radical (unpaired) electrons. The average Bonchev–Trinajstić information content (AvgIpc) is 3.53. The van der Waals surface area contributed by atoms with Gasteiger partial charge in [0.1, 0.15) is 28.9 Å². The number of nitrogens with zero attached hydrogens (tertiary/aromatic N) is 4. The van der Waals surface area contributed by atoms with Crippen molar-refractivity contribution in [3.05, 3.63) is 57.5 Å². The molecule has 0 amide bonds. The minimum absolute atomic E-state index is 0.0201. The fourth-order valence-corrected chi connectivity index (χ4v) is 4.22. The first-order valence-electron chi connectivity index (χ1n) is 9.90. The van der Waals surface area contributed by atoms with Crippen LogP contribution in [0.3, 0.4) is 0 Å². The maximum absolute atomic E-state index is 15.8. The monoisotopic (exact) mass is 541 g/mol. The second-order valence-electron chi connectivity index (χ2n) is 7.52. The smallest absolute Gasteiger partial charge is 0.176 e. The molecule has 0 atom stereocenters. The minimum atomic E-state index is -0.660. The molecule has 1 fully saturated rings. The first-order valence-corrected chi connectivity index (χ1v) is 11.0. The van der Waals surface area contributed by atoms with Crippen LogP contribution in [0.1, 0.15) is 18.4 Å². The fourth-order valence-electron chi connectivity index (χ4n) is 3.47. The second-order valence-corrected chi connectivity index (χ2v) is 8.69. The van der Waals surface area contributed by atoms with Gasteiger partial charge in [-0.15, -0.1) is 0 Å². The van der Waals surface area contributed by atoms with Gasteiger partial charge in [-0.3, -0.25) is 4.68 Å². The van der Waals surface area contributed by atoms with E-state index in [4.69, 9.17) is 15.2 Å². The van der Waals surface area contributed by atoms with Crippen molar-refractivity contribution in [2.75, 3.05) is 5.73 Å². The van der Waals surface area contributed by atoms with Crippen LogP contribution in [0.25, 0.3) is 22.2 Å². The van der Waals surface area contributed by atoms with E-state index in [-0.39, 0.29) is 23.0 Å². The van der Waals surface area contributed by atoms with E-state index in [9.17, 15) is 5.26 Å². The molecule has 1 aliphatic rings. The van der Waals surface area contributed by atoms with Crippen molar-refractivity contribution < 1.29 is 13.9 Å². The predicted octanol–water partition coefficient (Wildman–Crippen LogP) is 5.17. The van der Waals surface area contributed by atoms with E-state index in [0.717, 1.165) is 18.2 Å². The maximum atomic E-state index is 15.8. The van der Waals surface area contributed by atoms with Crippen molar-refractivity contribution in [2.45, 2.75) is 18.9 Å². The quantitative estimate of drug-likeness (QED) is 0.351. The minimum Gasteiger partial charge on any atom is -0.489 e. The van der Waals surface area contributed by atoms with Crippen LogP contribution in [-0.4, -0.2) is 20.9 Å². The molecule has 9 heteroatoms. The number of hydrogen-bond donors (Lipinski definition) is 1. The molecule has 0 spiro atoms. The van der Waals surface area contributed by atoms with Crippen LogP contribution in [0.2, 0.25) is 0 Å². The Kier molecular flexibility index (Phi) is 5.09. The third-order valence-electron chi connectivity index (χ3n) is 5.17. The molecule has 4 aromatic rings. The molecule has 5 rings (SSSR count). The van der Waals surface area contributed by atoms with E-state index < -0.39 is 5.82 Å². The van der Waals surface area contributed by atoms with Crippen molar-refractivity contribution in [1.29, 1.82) is 5.26 Å². The number of ether oxygens (including phenoxy) is 2. The Hall–Kier alpha value is -3.39. The highest BCUT2D eigenvalue weighted by Crippen LogP contribution is 2.43. The third kappa shape index (κ3) is 3.71. The Labute approximate surface area is 196 Å². The number of nitrogens with two attached hydrogens (primary N) is 1. The maximum Gasteiger partial charge on any atom is 0.176 e. The van der Waals surface area contributed by atoms with E-state index in [1.807, 2.05) is 12.1 Å². The Bertz CT molecular complexity index is 1390. The van der Waals surface area contributed by atoms with Crippen LogP contribution in [0.4, 0.5) is 10.2 Å². The number of rotatable bonds is 5. The first-order chi connectivity index (χ1) is 15.4. The lowest BCUT2D eigenvalue weighted by atomic mass is 10.0. The summed E-state index contributed by atoms with van der Waals surface area (Å²) in [6.07, 6.45) is 3.43. The molecule has 160 valence electrons. The van der Waals surface area contributed by atoms with Crippen LogP contribution < -0.4 is 15.2 Å². The zero-order valence-electron chi connectivity index (χ0n) is 17.0. The van der Waals surface area contributed by atoms with Gasteiger partial charge in [-0.05, 0) is 59.7 Å². The molecule has 1 aliphatic carbocycles. The molecule has 0 bridgehead atoms. The standard InChI is InChI=1S/C23H17FIN5O2/c1-30-23(16(25)11-28-30)21-15(10-26)18(31-13-5-6-13)9-19(22(21)24)32-14-4-2-12-3-7-20(27)29-17(12)8-14/h2-4,7-9,11,13H,5-6H2,1H3,(H2,27,29). The number of halogens is 2. The van der Waals surface area contributed by atoms with Crippen molar-refractivity contribution >= 4 is 39.3 Å². The molecule has 7 nitrogen and oxygen atoms in total. The van der Waals surface area contributed by atoms with E-state index in [1.165, 1.54) is 10.7 Å². The predicted molar refractivity (Wildman–Crippen MR) is 126 cm³/mol. The van der Waals surface area contributed by atoms with Crippen molar-refractivity contribution in [2.24, 2.45) is 7.05 Å². The third-order valence-corrected chi connectivity index (χ3v) is 5.96. The van der Waals surface area contributed by atoms with E-state index in [1.54, 1.807) is 31.4 Å². The molecule has 2 heterocycles. The van der Waals surface area contributed by atoms with Crippen LogP contribution in [0, 0.1) is 20.7 Å². The van der Waals surface area contributed by atoms with Gasteiger partial charge in [0.2, 0.25) is 0 Å². The highest BCUT2D eigenvalue weighted by Gasteiger charge is 2.30. The lowest BCUT2D eigenvalue weighted by molar-refractivity contribution is 0.300. The number of nitriles is 1. The number of fused-ring (bicyclic) bond motifs is 1. The number of hydrogen-bond acceptors (Lipinski definition) is 6. The van der Waals surface area contributed by atoms with Gasteiger partial charge in [0.15, 0.2) is 11.6 Å². The molecule has 32 heavy (non-hydrogen) atoms. The van der Waals surface area contributed by atoms with Crippen molar-refractivity contribution in [3.8, 4) is 34.6 Å². The Morgan fingerprint density at radius 1 is 1.22 bits per heavy atom. The summed E-state index contributed by atoms with van der Waals surface area (Å²) in [5.74, 6) is 0.359. The van der Waals surface area contributed by atoms with Gasteiger partial charge in [0.25, 0.3) is 0 Å². The summed E-state index contributed by atoms with van der Waals surface area (Å²) in [5, 5.41) is 15.0. The summed E-state index contributed by atoms with van der Waals surface area (Å²) in [6, 6.07) is 12.4. The molecule has 2 aromatic heterocycles. The summed E-state index contributed by atoms with van der Waals surface area (Å²) in [7, 11) is 1.70. The van der Waals surface area contributed by atoms with Gasteiger partial charge in [-0.25, -0.2) is 9.37 Å². The summed E-state index contributed by atoms with van der Waals surface area (Å²) >= 11 is 2.07.